The van der Waals surface area contributed by atoms with Gasteiger partial charge in [-0.15, -0.1) is 0 Å². The smallest absolute Gasteiger partial charge is 0.268 e. The van der Waals surface area contributed by atoms with Crippen LogP contribution in [0.2, 0.25) is 0 Å². The lowest BCUT2D eigenvalue weighted by atomic mass is 9.98. The Balaban J connectivity index is 2.08. The molecule has 0 unspecified atom stereocenters. The van der Waals surface area contributed by atoms with Crippen LogP contribution in [0.4, 0.5) is 0 Å². The van der Waals surface area contributed by atoms with E-state index < -0.39 is 0 Å². The van der Waals surface area contributed by atoms with Crippen LogP contribution in [0.1, 0.15) is 5.56 Å². The summed E-state index contributed by atoms with van der Waals surface area (Å²) in [7, 11) is 1.50. The maximum Gasteiger partial charge on any atom is 0.268 e. The Kier molecular flexibility index (Phi) is 3.39. The Hall–Kier alpha value is -2.66. The number of aromatic nitrogens is 1. The van der Waals surface area contributed by atoms with Crippen LogP contribution in [0, 0.1) is 0 Å². The second kappa shape index (κ2) is 5.46. The number of rotatable bonds is 2. The fourth-order valence-corrected chi connectivity index (χ4v) is 3.68. The van der Waals surface area contributed by atoms with Gasteiger partial charge in [-0.25, -0.2) is 0 Å². The van der Waals surface area contributed by atoms with Gasteiger partial charge in [0.15, 0.2) is 0 Å². The third kappa shape index (κ3) is 2.05. The van der Waals surface area contributed by atoms with E-state index in [1.54, 1.807) is 0 Å². The summed E-state index contributed by atoms with van der Waals surface area (Å²) < 4.78 is 0.303. The molecule has 4 rings (SSSR count). The molecule has 0 aliphatic carbocycles. The topological polar surface area (TPSA) is 53.2 Å². The number of likely N-dealkylation sites (N-methyl/N-ethyl adjacent to an activating group) is 1. The second-order valence-corrected chi connectivity index (χ2v) is 6.44. The standard InChI is InChI=1S/C19H13BrN2O2/c1-22-18(23)15(16(20)19(22)24)14-12-9-5-6-10-13(12)21-17(14)11-7-3-2-4-8-11/h2-10,21H,1H3. The van der Waals surface area contributed by atoms with E-state index in [1.807, 2.05) is 54.6 Å². The predicted octanol–water partition coefficient (Wildman–Crippen LogP) is 3.94. The van der Waals surface area contributed by atoms with E-state index >= 15 is 0 Å². The van der Waals surface area contributed by atoms with E-state index in [-0.39, 0.29) is 11.8 Å². The molecule has 5 heteroatoms. The molecule has 1 aromatic heterocycles. The number of carbonyl (C=O) groups is 2. The molecule has 2 aromatic carbocycles. The van der Waals surface area contributed by atoms with Crippen LogP contribution in [0.5, 0.6) is 0 Å². The van der Waals surface area contributed by atoms with Gasteiger partial charge in [-0.1, -0.05) is 48.5 Å². The minimum absolute atomic E-state index is 0.297. The Labute approximate surface area is 146 Å². The lowest BCUT2D eigenvalue weighted by Crippen LogP contribution is -2.26. The molecule has 2 heterocycles. The fourth-order valence-electron chi connectivity index (χ4n) is 3.05. The molecule has 0 fully saturated rings. The van der Waals surface area contributed by atoms with Crippen molar-refractivity contribution in [2.24, 2.45) is 0 Å². The summed E-state index contributed by atoms with van der Waals surface area (Å²) in [6.07, 6.45) is 0. The third-order valence-electron chi connectivity index (χ3n) is 4.25. The largest absolute Gasteiger partial charge is 0.354 e. The molecular formula is C19H13BrN2O2. The normalized spacial score (nSPS) is 15.0. The Bertz CT molecular complexity index is 1020. The van der Waals surface area contributed by atoms with Gasteiger partial charge >= 0.3 is 0 Å². The van der Waals surface area contributed by atoms with Crippen LogP contribution >= 0.6 is 15.9 Å². The summed E-state index contributed by atoms with van der Waals surface area (Å²) in [5.41, 5.74) is 3.88. The van der Waals surface area contributed by atoms with Gasteiger partial charge in [0.1, 0.15) is 0 Å². The molecular weight excluding hydrogens is 368 g/mol. The number of nitrogens with one attached hydrogen (secondary N) is 1. The molecule has 24 heavy (non-hydrogen) atoms. The number of hydrogen-bond donors (Lipinski definition) is 1. The van der Waals surface area contributed by atoms with Crippen molar-refractivity contribution in [1.82, 2.24) is 9.88 Å². The number of hydrogen-bond acceptors (Lipinski definition) is 2. The molecule has 0 saturated carbocycles. The van der Waals surface area contributed by atoms with Crippen LogP contribution in [-0.4, -0.2) is 28.7 Å². The van der Waals surface area contributed by atoms with Crippen molar-refractivity contribution in [3.8, 4) is 11.3 Å². The van der Waals surface area contributed by atoms with Gasteiger partial charge in [-0.05, 0) is 27.6 Å². The van der Waals surface area contributed by atoms with E-state index in [9.17, 15) is 9.59 Å². The summed E-state index contributed by atoms with van der Waals surface area (Å²) in [4.78, 5) is 29.4. The van der Waals surface area contributed by atoms with E-state index in [0.717, 1.165) is 32.6 Å². The summed E-state index contributed by atoms with van der Waals surface area (Å²) in [5, 5.41) is 0.916. The number of H-pyrrole nitrogens is 1. The maximum atomic E-state index is 12.7. The minimum atomic E-state index is -0.320. The average Bonchev–Trinajstić information content (AvgIpc) is 3.08. The molecule has 0 bridgehead atoms. The van der Waals surface area contributed by atoms with Gasteiger partial charge in [-0.3, -0.25) is 14.5 Å². The SMILES string of the molecule is CN1C(=O)C(Br)=C(c2c(-c3ccccc3)[nH]c3ccccc23)C1=O. The number of para-hydroxylation sites is 1. The maximum absolute atomic E-state index is 12.7. The molecule has 0 spiro atoms. The molecule has 4 nitrogen and oxygen atoms in total. The van der Waals surface area contributed by atoms with Gasteiger partial charge < -0.3 is 4.98 Å². The zero-order valence-corrected chi connectivity index (χ0v) is 14.4. The van der Waals surface area contributed by atoms with Crippen LogP contribution in [0.3, 0.4) is 0 Å². The van der Waals surface area contributed by atoms with Crippen molar-refractivity contribution in [2.45, 2.75) is 0 Å². The summed E-state index contributed by atoms with van der Waals surface area (Å²) >= 11 is 3.32. The summed E-state index contributed by atoms with van der Waals surface area (Å²) in [5.74, 6) is -0.617. The van der Waals surface area contributed by atoms with Crippen molar-refractivity contribution in [3.63, 3.8) is 0 Å². The summed E-state index contributed by atoms with van der Waals surface area (Å²) in [6, 6.07) is 17.6. The summed E-state index contributed by atoms with van der Waals surface area (Å²) in [6.45, 7) is 0. The van der Waals surface area contributed by atoms with Gasteiger partial charge in [0.25, 0.3) is 11.8 Å². The molecule has 3 aromatic rings. The number of amides is 2. The van der Waals surface area contributed by atoms with Crippen LogP contribution in [-0.2, 0) is 9.59 Å². The van der Waals surface area contributed by atoms with Crippen molar-refractivity contribution >= 4 is 44.2 Å². The Morgan fingerprint density at radius 1 is 0.917 bits per heavy atom. The minimum Gasteiger partial charge on any atom is -0.354 e. The monoisotopic (exact) mass is 380 g/mol. The molecule has 2 amide bonds. The van der Waals surface area contributed by atoms with Gasteiger partial charge in [0.2, 0.25) is 0 Å². The number of carbonyl (C=O) groups excluding carboxylic acids is 2. The zero-order chi connectivity index (χ0) is 16.8. The highest BCUT2D eigenvalue weighted by atomic mass is 79.9. The molecule has 118 valence electrons. The van der Waals surface area contributed by atoms with Crippen molar-refractivity contribution in [3.05, 3.63) is 64.6 Å². The number of halogens is 1. The van der Waals surface area contributed by atoms with Crippen LogP contribution < -0.4 is 0 Å². The van der Waals surface area contributed by atoms with Gasteiger partial charge in [0, 0.05) is 23.5 Å². The quantitative estimate of drug-likeness (QED) is 0.684. The first-order valence-electron chi connectivity index (χ1n) is 7.48. The predicted molar refractivity (Wildman–Crippen MR) is 97.4 cm³/mol. The lowest BCUT2D eigenvalue weighted by Gasteiger charge is -2.08. The van der Waals surface area contributed by atoms with Crippen molar-refractivity contribution in [2.75, 3.05) is 7.05 Å². The molecule has 1 aliphatic rings. The zero-order valence-electron chi connectivity index (χ0n) is 12.8. The van der Waals surface area contributed by atoms with E-state index in [1.165, 1.54) is 7.05 Å². The highest BCUT2D eigenvalue weighted by Gasteiger charge is 2.37. The van der Waals surface area contributed by atoms with E-state index in [4.69, 9.17) is 0 Å². The number of nitrogens with zero attached hydrogens (tertiary/aromatic N) is 1. The first-order valence-corrected chi connectivity index (χ1v) is 8.27. The van der Waals surface area contributed by atoms with Crippen molar-refractivity contribution < 1.29 is 9.59 Å². The molecule has 0 atom stereocenters. The fraction of sp³-hybridized carbons (Fsp3) is 0.0526. The first kappa shape index (κ1) is 14.9. The number of benzene rings is 2. The molecule has 0 radical (unpaired) electrons. The van der Waals surface area contributed by atoms with Crippen LogP contribution in [0.15, 0.2) is 59.1 Å². The highest BCUT2D eigenvalue weighted by Crippen LogP contribution is 2.41. The first-order chi connectivity index (χ1) is 11.6. The molecule has 0 saturated heterocycles. The number of imide groups is 1. The van der Waals surface area contributed by atoms with E-state index in [0.29, 0.717) is 10.1 Å². The lowest BCUT2D eigenvalue weighted by molar-refractivity contribution is -0.134. The second-order valence-electron chi connectivity index (χ2n) is 5.64. The Morgan fingerprint density at radius 2 is 1.58 bits per heavy atom. The number of aromatic amines is 1. The molecule has 1 N–H and O–H groups in total. The van der Waals surface area contributed by atoms with E-state index in [2.05, 4.69) is 20.9 Å². The molecule has 1 aliphatic heterocycles. The van der Waals surface area contributed by atoms with Gasteiger partial charge in [-0.2, -0.15) is 0 Å². The third-order valence-corrected chi connectivity index (χ3v) is 4.98. The van der Waals surface area contributed by atoms with Gasteiger partial charge in [0.05, 0.1) is 15.7 Å². The Morgan fingerprint density at radius 3 is 2.25 bits per heavy atom. The number of fused-ring (bicyclic) bond motifs is 1. The van der Waals surface area contributed by atoms with Crippen LogP contribution in [0.25, 0.3) is 27.7 Å². The highest BCUT2D eigenvalue weighted by molar-refractivity contribution is 9.12. The van der Waals surface area contributed by atoms with Crippen molar-refractivity contribution in [1.29, 1.82) is 0 Å². The average molecular weight is 381 g/mol.